The first kappa shape index (κ1) is 14.6. The maximum atomic E-state index is 11.8. The smallest absolute Gasteiger partial charge is 0.359 e. The molecule has 0 aliphatic carbocycles. The number of esters is 1. The normalized spacial score (nSPS) is 10.2. The molecule has 1 amide bonds. The van der Waals surface area contributed by atoms with Gasteiger partial charge in [-0.3, -0.25) is 4.79 Å². The van der Waals surface area contributed by atoms with Crippen LogP contribution in [0.25, 0.3) is 5.69 Å². The first-order valence-corrected chi connectivity index (χ1v) is 6.26. The fraction of sp³-hybridized carbons (Fsp3) is 0.214. The van der Waals surface area contributed by atoms with E-state index in [0.29, 0.717) is 5.69 Å². The van der Waals surface area contributed by atoms with E-state index in [1.165, 1.54) is 15.6 Å². The number of aromatic nitrogens is 2. The lowest BCUT2D eigenvalue weighted by Crippen LogP contribution is -2.27. The van der Waals surface area contributed by atoms with Gasteiger partial charge in [0.2, 0.25) is 0 Å². The molecule has 1 aromatic heterocycles. The molecule has 110 valence electrons. The lowest BCUT2D eigenvalue weighted by molar-refractivity contribution is -0.131. The molecule has 21 heavy (non-hydrogen) atoms. The molecule has 2 N–H and O–H groups in total. The van der Waals surface area contributed by atoms with Crippen LogP contribution in [0.5, 0.6) is 0 Å². The third-order valence-corrected chi connectivity index (χ3v) is 2.78. The van der Waals surface area contributed by atoms with E-state index >= 15 is 0 Å². The van der Waals surface area contributed by atoms with Crippen molar-refractivity contribution in [2.75, 3.05) is 26.4 Å². The van der Waals surface area contributed by atoms with Gasteiger partial charge in [-0.15, -0.1) is 0 Å². The van der Waals surface area contributed by atoms with Crippen molar-refractivity contribution in [3.05, 3.63) is 42.2 Å². The Morgan fingerprint density at radius 1 is 1.24 bits per heavy atom. The van der Waals surface area contributed by atoms with Gasteiger partial charge in [-0.25, -0.2) is 9.48 Å². The summed E-state index contributed by atoms with van der Waals surface area (Å²) in [5.74, 6) is -0.930. The number of benzene rings is 1. The molecule has 0 radical (unpaired) electrons. The molecule has 0 aliphatic heterocycles. The van der Waals surface area contributed by atoms with Crippen molar-refractivity contribution in [1.82, 2.24) is 14.7 Å². The number of rotatable bonds is 4. The second-order valence-electron chi connectivity index (χ2n) is 4.60. The third-order valence-electron chi connectivity index (χ3n) is 2.78. The van der Waals surface area contributed by atoms with Gasteiger partial charge in [-0.1, -0.05) is 0 Å². The molecule has 1 aromatic carbocycles. The number of ether oxygens (including phenoxy) is 1. The van der Waals surface area contributed by atoms with Gasteiger partial charge < -0.3 is 15.4 Å². The first-order chi connectivity index (χ1) is 9.97. The van der Waals surface area contributed by atoms with Gasteiger partial charge >= 0.3 is 5.97 Å². The lowest BCUT2D eigenvalue weighted by atomic mass is 10.3. The minimum Gasteiger partial charge on any atom is -0.451 e. The summed E-state index contributed by atoms with van der Waals surface area (Å²) < 4.78 is 6.43. The standard InChI is InChI=1S/C14H16N4O3/c1-17(2)13(19)9-21-14(20)12-7-8-18(16-12)11-5-3-10(15)4-6-11/h3-8H,9,15H2,1-2H3. The van der Waals surface area contributed by atoms with Crippen molar-refractivity contribution in [2.24, 2.45) is 0 Å². The van der Waals surface area contributed by atoms with Crippen molar-refractivity contribution in [1.29, 1.82) is 0 Å². The maximum Gasteiger partial charge on any atom is 0.359 e. The molecule has 0 aliphatic rings. The minimum absolute atomic E-state index is 0.137. The second-order valence-corrected chi connectivity index (χ2v) is 4.60. The van der Waals surface area contributed by atoms with Crippen LogP contribution in [-0.4, -0.2) is 47.3 Å². The van der Waals surface area contributed by atoms with Crippen LogP contribution in [0.4, 0.5) is 5.69 Å². The van der Waals surface area contributed by atoms with Crippen LogP contribution in [0.3, 0.4) is 0 Å². The summed E-state index contributed by atoms with van der Waals surface area (Å²) in [6.07, 6.45) is 1.63. The number of amides is 1. The number of carbonyl (C=O) groups excluding carboxylic acids is 2. The van der Waals surface area contributed by atoms with Gasteiger partial charge in [0.25, 0.3) is 5.91 Å². The average molecular weight is 288 g/mol. The Labute approximate surface area is 121 Å². The molecular weight excluding hydrogens is 272 g/mol. The molecule has 0 fully saturated rings. The average Bonchev–Trinajstić information content (AvgIpc) is 2.94. The van der Waals surface area contributed by atoms with Crippen LogP contribution >= 0.6 is 0 Å². The molecule has 2 rings (SSSR count). The Balaban J connectivity index is 2.04. The van der Waals surface area contributed by atoms with Crippen molar-refractivity contribution in [3.8, 4) is 5.69 Å². The molecule has 0 unspecified atom stereocenters. The van der Waals surface area contributed by atoms with E-state index in [0.717, 1.165) is 5.69 Å². The highest BCUT2D eigenvalue weighted by Gasteiger charge is 2.14. The minimum atomic E-state index is -0.639. The van der Waals surface area contributed by atoms with Crippen molar-refractivity contribution in [3.63, 3.8) is 0 Å². The lowest BCUT2D eigenvalue weighted by Gasteiger charge is -2.09. The molecule has 7 heteroatoms. The monoisotopic (exact) mass is 288 g/mol. The van der Waals surface area contributed by atoms with Crippen LogP contribution in [0, 0.1) is 0 Å². The number of anilines is 1. The first-order valence-electron chi connectivity index (χ1n) is 6.26. The highest BCUT2D eigenvalue weighted by Crippen LogP contribution is 2.11. The summed E-state index contributed by atoms with van der Waals surface area (Å²) in [5.41, 5.74) is 7.17. The topological polar surface area (TPSA) is 90.5 Å². The van der Waals surface area contributed by atoms with Crippen molar-refractivity contribution in [2.45, 2.75) is 0 Å². The Morgan fingerprint density at radius 3 is 2.52 bits per heavy atom. The predicted octanol–water partition coefficient (Wildman–Crippen LogP) is 0.699. The zero-order chi connectivity index (χ0) is 15.4. The van der Waals surface area contributed by atoms with Crippen molar-refractivity contribution >= 4 is 17.6 Å². The zero-order valence-electron chi connectivity index (χ0n) is 11.8. The number of carbonyl (C=O) groups is 2. The Kier molecular flexibility index (Phi) is 4.22. The van der Waals surface area contributed by atoms with E-state index in [-0.39, 0.29) is 18.2 Å². The SMILES string of the molecule is CN(C)C(=O)COC(=O)c1ccn(-c2ccc(N)cc2)n1. The van der Waals surface area contributed by atoms with Gasteiger partial charge in [0, 0.05) is 26.0 Å². The molecule has 1 heterocycles. The second kappa shape index (κ2) is 6.08. The fourth-order valence-corrected chi connectivity index (χ4v) is 1.53. The Hall–Kier alpha value is -2.83. The van der Waals surface area contributed by atoms with E-state index in [1.54, 1.807) is 44.6 Å². The quantitative estimate of drug-likeness (QED) is 0.660. The van der Waals surface area contributed by atoms with E-state index < -0.39 is 5.97 Å². The summed E-state index contributed by atoms with van der Waals surface area (Å²) in [6, 6.07) is 8.58. The van der Waals surface area contributed by atoms with Crippen LogP contribution in [0.2, 0.25) is 0 Å². The summed E-state index contributed by atoms with van der Waals surface area (Å²) in [6.45, 7) is -0.305. The van der Waals surface area contributed by atoms with E-state index in [4.69, 9.17) is 10.5 Å². The summed E-state index contributed by atoms with van der Waals surface area (Å²) in [5, 5.41) is 4.11. The fourth-order valence-electron chi connectivity index (χ4n) is 1.53. The number of hydrogen-bond acceptors (Lipinski definition) is 5. The largest absolute Gasteiger partial charge is 0.451 e. The molecule has 0 atom stereocenters. The Bertz CT molecular complexity index is 646. The van der Waals surface area contributed by atoms with Crippen LogP contribution in [-0.2, 0) is 9.53 Å². The van der Waals surface area contributed by atoms with Crippen molar-refractivity contribution < 1.29 is 14.3 Å². The maximum absolute atomic E-state index is 11.8. The molecule has 0 saturated carbocycles. The third kappa shape index (κ3) is 3.59. The summed E-state index contributed by atoms with van der Waals surface area (Å²) >= 11 is 0. The predicted molar refractivity (Wildman–Crippen MR) is 77.0 cm³/mol. The van der Waals surface area contributed by atoms with E-state index in [1.807, 2.05) is 0 Å². The summed E-state index contributed by atoms with van der Waals surface area (Å²) in [7, 11) is 3.18. The highest BCUT2D eigenvalue weighted by molar-refractivity contribution is 5.89. The van der Waals surface area contributed by atoms with Crippen LogP contribution in [0.1, 0.15) is 10.5 Å². The van der Waals surface area contributed by atoms with Gasteiger partial charge in [0.1, 0.15) is 0 Å². The van der Waals surface area contributed by atoms with Gasteiger partial charge in [-0.2, -0.15) is 5.10 Å². The number of nitrogens with zero attached hydrogens (tertiary/aromatic N) is 3. The van der Waals surface area contributed by atoms with Gasteiger partial charge in [-0.05, 0) is 30.3 Å². The number of likely N-dealkylation sites (N-methyl/N-ethyl adjacent to an activating group) is 1. The zero-order valence-corrected chi connectivity index (χ0v) is 11.8. The number of hydrogen-bond donors (Lipinski definition) is 1. The Morgan fingerprint density at radius 2 is 1.90 bits per heavy atom. The number of nitrogens with two attached hydrogens (primary N) is 1. The molecule has 7 nitrogen and oxygen atoms in total. The van der Waals surface area contributed by atoms with Gasteiger partial charge in [0.15, 0.2) is 12.3 Å². The van der Waals surface area contributed by atoms with E-state index in [9.17, 15) is 9.59 Å². The van der Waals surface area contributed by atoms with Gasteiger partial charge in [0.05, 0.1) is 5.69 Å². The molecule has 2 aromatic rings. The highest BCUT2D eigenvalue weighted by atomic mass is 16.5. The molecule has 0 spiro atoms. The summed E-state index contributed by atoms with van der Waals surface area (Å²) in [4.78, 5) is 24.5. The number of nitrogen functional groups attached to an aromatic ring is 1. The molecular formula is C14H16N4O3. The molecule has 0 bridgehead atoms. The molecule has 0 saturated heterocycles. The van der Waals surface area contributed by atoms with Crippen LogP contribution in [0.15, 0.2) is 36.5 Å². The van der Waals surface area contributed by atoms with Crippen LogP contribution < -0.4 is 5.73 Å². The van der Waals surface area contributed by atoms with E-state index in [2.05, 4.69) is 5.10 Å².